The topological polar surface area (TPSA) is 18.5 Å². The molecule has 0 N–H and O–H groups in total. The molecule has 0 unspecified atom stereocenters. The molecule has 0 spiro atoms. The van der Waals surface area contributed by atoms with Crippen LogP contribution in [0.2, 0.25) is 0 Å². The van der Waals surface area contributed by atoms with Gasteiger partial charge >= 0.3 is 51.6 Å². The van der Waals surface area contributed by atoms with Gasteiger partial charge in [0.15, 0.2) is 0 Å². The molecule has 4 rings (SSSR count). The van der Waals surface area contributed by atoms with Gasteiger partial charge in [0.2, 0.25) is 0 Å². The van der Waals surface area contributed by atoms with E-state index in [2.05, 4.69) is 71.5 Å². The van der Waals surface area contributed by atoms with E-state index in [1.165, 1.54) is 21.5 Å². The average molecular weight is 569 g/mol. The van der Waals surface area contributed by atoms with Gasteiger partial charge in [-0.15, -0.1) is 45.8 Å². The number of rotatable bonds is 2. The summed E-state index contributed by atoms with van der Waals surface area (Å²) < 4.78 is 12.4. The molecule has 2 nitrogen and oxygen atoms in total. The molecule has 0 amide bonds. The molecular formula is C22H22Br2O2Zr-2. The summed E-state index contributed by atoms with van der Waals surface area (Å²) in [6.07, 6.45) is 0. The molecule has 0 radical (unpaired) electrons. The van der Waals surface area contributed by atoms with Crippen molar-refractivity contribution < 1.29 is 26.0 Å². The van der Waals surface area contributed by atoms with Gasteiger partial charge in [-0.25, -0.2) is 0 Å². The normalized spacial score (nSPS) is 9.67. The van der Waals surface area contributed by atoms with Gasteiger partial charge in [0.25, 0.3) is 0 Å². The Labute approximate surface area is 179 Å². The molecule has 4 aromatic carbocycles. The molecule has 142 valence electrons. The zero-order valence-corrected chi connectivity index (χ0v) is 21.2. The summed E-state index contributed by atoms with van der Waals surface area (Å²) in [6, 6.07) is 24.6. The number of hydrogen-bond acceptors (Lipinski definition) is 2. The minimum absolute atomic E-state index is 0.920. The summed E-state index contributed by atoms with van der Waals surface area (Å²) in [5.41, 5.74) is 0. The first kappa shape index (κ1) is 22.3. The van der Waals surface area contributed by atoms with Crippen molar-refractivity contribution in [3.05, 3.63) is 72.8 Å². The Morgan fingerprint density at radius 2 is 1.19 bits per heavy atom. The van der Waals surface area contributed by atoms with E-state index in [9.17, 15) is 0 Å². The van der Waals surface area contributed by atoms with E-state index in [1.807, 2.05) is 36.4 Å². The number of hydrogen-bond donors (Lipinski definition) is 0. The fourth-order valence-corrected chi connectivity index (χ4v) is 2.46. The SMILES string of the molecule is COc1ccc2[cH-]ccc2c1.COc1ccc2[cH-]ccc2c1.C[CH]=[Zr]([Br])[Br]. The number of benzene rings is 2. The molecule has 0 aromatic heterocycles. The molecular weight excluding hydrogens is 547 g/mol. The maximum absolute atomic E-state index is 5.09. The third-order valence-corrected chi connectivity index (χ3v) is 10.4. The Balaban J connectivity index is 0.000000157. The number of fused-ring (bicyclic) bond motifs is 2. The van der Waals surface area contributed by atoms with Crippen molar-refractivity contribution in [3.63, 3.8) is 0 Å². The van der Waals surface area contributed by atoms with Crippen molar-refractivity contribution in [2.24, 2.45) is 0 Å². The van der Waals surface area contributed by atoms with Gasteiger partial charge in [-0.2, -0.15) is 24.3 Å². The summed E-state index contributed by atoms with van der Waals surface area (Å²) >= 11 is 5.78. The molecule has 5 heteroatoms. The quantitative estimate of drug-likeness (QED) is 0.238. The number of halogens is 2. The molecule has 0 bridgehead atoms. The van der Waals surface area contributed by atoms with Gasteiger partial charge < -0.3 is 9.47 Å². The van der Waals surface area contributed by atoms with E-state index >= 15 is 0 Å². The maximum atomic E-state index is 5.09. The van der Waals surface area contributed by atoms with E-state index in [1.54, 1.807) is 14.2 Å². The van der Waals surface area contributed by atoms with Gasteiger partial charge in [-0.3, -0.25) is 0 Å². The van der Waals surface area contributed by atoms with Crippen molar-refractivity contribution in [1.29, 1.82) is 0 Å². The van der Waals surface area contributed by atoms with Crippen LogP contribution in [0, 0.1) is 0 Å². The first-order valence-electron chi connectivity index (χ1n) is 8.43. The van der Waals surface area contributed by atoms with Crippen molar-refractivity contribution in [1.82, 2.24) is 0 Å². The Kier molecular flexibility index (Phi) is 9.68. The molecule has 0 heterocycles. The first-order valence-corrected chi connectivity index (χ1v) is 21.1. The van der Waals surface area contributed by atoms with Crippen LogP contribution in [0.5, 0.6) is 11.5 Å². The van der Waals surface area contributed by atoms with Crippen LogP contribution in [0.1, 0.15) is 6.92 Å². The van der Waals surface area contributed by atoms with Crippen molar-refractivity contribution >= 4 is 49.7 Å². The molecule has 4 aromatic rings. The second-order valence-corrected chi connectivity index (χ2v) is 24.9. The molecule has 0 aliphatic rings. The predicted molar refractivity (Wildman–Crippen MR) is 122 cm³/mol. The van der Waals surface area contributed by atoms with E-state index in [-0.39, 0.29) is 0 Å². The Bertz CT molecular complexity index is 924. The van der Waals surface area contributed by atoms with Crippen molar-refractivity contribution in [2.45, 2.75) is 6.92 Å². The summed E-state index contributed by atoms with van der Waals surface area (Å²) in [4.78, 5) is 0. The van der Waals surface area contributed by atoms with Gasteiger partial charge in [0, 0.05) is 0 Å². The fraction of sp³-hybridized carbons (Fsp3) is 0.136. The Morgan fingerprint density at radius 3 is 1.52 bits per heavy atom. The second kappa shape index (κ2) is 11.7. The van der Waals surface area contributed by atoms with E-state index in [0.717, 1.165) is 11.5 Å². The summed E-state index contributed by atoms with van der Waals surface area (Å²) in [6.45, 7) is 2.07. The van der Waals surface area contributed by atoms with Crippen LogP contribution in [-0.2, 0) is 16.6 Å². The molecule has 0 saturated carbocycles. The van der Waals surface area contributed by atoms with Crippen molar-refractivity contribution in [2.75, 3.05) is 14.2 Å². The van der Waals surface area contributed by atoms with Crippen LogP contribution in [0.3, 0.4) is 0 Å². The molecule has 0 atom stereocenters. The van der Waals surface area contributed by atoms with E-state index in [0.29, 0.717) is 0 Å². The number of ether oxygens (including phenoxy) is 2. The fourth-order valence-electron chi connectivity index (χ4n) is 2.46. The molecule has 0 aliphatic carbocycles. The van der Waals surface area contributed by atoms with E-state index < -0.39 is 16.6 Å². The van der Waals surface area contributed by atoms with Crippen LogP contribution in [-0.4, -0.2) is 17.9 Å². The zero-order chi connectivity index (χ0) is 19.6. The Morgan fingerprint density at radius 1 is 0.778 bits per heavy atom. The third-order valence-electron chi connectivity index (χ3n) is 3.91. The van der Waals surface area contributed by atoms with Gasteiger partial charge in [0.1, 0.15) is 0 Å². The monoisotopic (exact) mass is 566 g/mol. The molecule has 0 aliphatic heterocycles. The minimum atomic E-state index is -1.08. The Hall–Kier alpha value is -1.03. The standard InChI is InChI=1S/2C10H9O.C2H4.2BrH.Zr/c2*1-11-10-6-5-8-3-2-4-9(8)7-10;1-2;;;/h2*2-7H,1H3;1H,2H3;2*1H;/q2*-1;;;;+2/p-2. The summed E-state index contributed by atoms with van der Waals surface area (Å²) in [7, 11) is 3.37. The zero-order valence-electron chi connectivity index (χ0n) is 15.6. The molecule has 0 fully saturated rings. The van der Waals surface area contributed by atoms with Gasteiger partial charge in [-0.1, -0.05) is 24.3 Å². The second-order valence-electron chi connectivity index (χ2n) is 5.62. The average Bonchev–Trinajstić information content (AvgIpc) is 3.36. The third kappa shape index (κ3) is 7.14. The number of methoxy groups -OCH3 is 2. The van der Waals surface area contributed by atoms with Gasteiger partial charge in [0.05, 0.1) is 25.7 Å². The van der Waals surface area contributed by atoms with E-state index in [4.69, 9.17) is 9.47 Å². The summed E-state index contributed by atoms with van der Waals surface area (Å²) in [5, 5.41) is 5.02. The first-order chi connectivity index (χ1) is 13.1. The van der Waals surface area contributed by atoms with Crippen LogP contribution < -0.4 is 9.47 Å². The predicted octanol–water partition coefficient (Wildman–Crippen LogP) is 7.18. The van der Waals surface area contributed by atoms with Crippen LogP contribution in [0.4, 0.5) is 0 Å². The molecule has 27 heavy (non-hydrogen) atoms. The van der Waals surface area contributed by atoms with Crippen LogP contribution in [0.25, 0.3) is 21.5 Å². The van der Waals surface area contributed by atoms with Gasteiger partial charge in [-0.05, 0) is 0 Å². The van der Waals surface area contributed by atoms with Crippen LogP contribution in [0.15, 0.2) is 72.8 Å². The summed E-state index contributed by atoms with van der Waals surface area (Å²) in [5.74, 6) is 1.84. The molecule has 0 saturated heterocycles. The van der Waals surface area contributed by atoms with Crippen LogP contribution >= 0.6 is 24.4 Å². The van der Waals surface area contributed by atoms with Crippen molar-refractivity contribution in [3.8, 4) is 11.5 Å².